The van der Waals surface area contributed by atoms with Gasteiger partial charge in [0.25, 0.3) is 0 Å². The van der Waals surface area contributed by atoms with Gasteiger partial charge >= 0.3 is 0 Å². The van der Waals surface area contributed by atoms with Crippen molar-refractivity contribution in [1.82, 2.24) is 10.6 Å². The van der Waals surface area contributed by atoms with Crippen LogP contribution in [-0.2, 0) is 21.1 Å². The molecule has 0 aromatic carbocycles. The molecule has 1 aromatic heterocycles. The van der Waals surface area contributed by atoms with Crippen LogP contribution in [0.1, 0.15) is 5.56 Å². The lowest BCUT2D eigenvalue weighted by molar-refractivity contribution is 0.154. The minimum atomic E-state index is -2.95. The Labute approximate surface area is 147 Å². The molecule has 21 heavy (non-hydrogen) atoms. The van der Waals surface area contributed by atoms with E-state index in [9.17, 15) is 8.42 Å². The molecule has 1 heterocycles. The van der Waals surface area contributed by atoms with Crippen molar-refractivity contribution < 1.29 is 13.2 Å². The van der Waals surface area contributed by atoms with Gasteiger partial charge in [-0.15, -0.1) is 24.0 Å². The maximum absolute atomic E-state index is 10.9. The van der Waals surface area contributed by atoms with Crippen molar-refractivity contribution >= 4 is 51.1 Å². The van der Waals surface area contributed by atoms with Crippen molar-refractivity contribution in [3.8, 4) is 0 Å². The highest BCUT2D eigenvalue weighted by molar-refractivity contribution is 14.0. The maximum atomic E-state index is 10.9. The molecule has 0 atom stereocenters. The van der Waals surface area contributed by atoms with Crippen molar-refractivity contribution in [2.24, 2.45) is 4.99 Å². The predicted octanol–water partition coefficient (Wildman–Crippen LogP) is 1.09. The second kappa shape index (κ2) is 11.2. The largest absolute Gasteiger partial charge is 0.379 e. The number of ether oxygens (including phenoxy) is 1. The van der Waals surface area contributed by atoms with E-state index in [1.165, 1.54) is 11.8 Å². The number of hydrogen-bond donors (Lipinski definition) is 2. The Morgan fingerprint density at radius 2 is 2.14 bits per heavy atom. The molecule has 9 heteroatoms. The Bertz CT molecular complexity index is 504. The van der Waals surface area contributed by atoms with Gasteiger partial charge in [0.15, 0.2) is 5.96 Å². The fourth-order valence-electron chi connectivity index (χ4n) is 1.35. The van der Waals surface area contributed by atoms with Gasteiger partial charge in [-0.25, -0.2) is 8.42 Å². The van der Waals surface area contributed by atoms with Crippen LogP contribution in [0.5, 0.6) is 0 Å². The highest BCUT2D eigenvalue weighted by Gasteiger charge is 2.01. The van der Waals surface area contributed by atoms with Crippen molar-refractivity contribution in [2.75, 3.05) is 38.8 Å². The summed E-state index contributed by atoms with van der Waals surface area (Å²) in [4.78, 5) is 4.09. The van der Waals surface area contributed by atoms with E-state index < -0.39 is 9.84 Å². The Morgan fingerprint density at radius 3 is 2.71 bits per heavy atom. The molecular weight excluding hydrogens is 425 g/mol. The quantitative estimate of drug-likeness (QED) is 0.270. The normalized spacial score (nSPS) is 11.8. The van der Waals surface area contributed by atoms with E-state index in [-0.39, 0.29) is 36.3 Å². The van der Waals surface area contributed by atoms with E-state index >= 15 is 0 Å². The van der Waals surface area contributed by atoms with Gasteiger partial charge in [-0.3, -0.25) is 4.99 Å². The fraction of sp³-hybridized carbons (Fsp3) is 0.583. The van der Waals surface area contributed by atoms with Crippen LogP contribution in [0, 0.1) is 0 Å². The number of nitrogens with one attached hydrogen (secondary N) is 2. The number of rotatable bonds is 8. The summed E-state index contributed by atoms with van der Waals surface area (Å²) in [5.74, 6) is 0.751. The monoisotopic (exact) mass is 447 g/mol. The number of aliphatic imine (C=N–C) groups is 1. The van der Waals surface area contributed by atoms with Gasteiger partial charge in [0.2, 0.25) is 0 Å². The second-order valence-electron chi connectivity index (χ2n) is 4.23. The molecule has 0 bridgehead atoms. The summed E-state index contributed by atoms with van der Waals surface area (Å²) in [6.07, 6.45) is 1.20. The third-order valence-electron chi connectivity index (χ3n) is 2.40. The van der Waals surface area contributed by atoms with Gasteiger partial charge in [0.05, 0.1) is 19.0 Å². The summed E-state index contributed by atoms with van der Waals surface area (Å²) in [6.45, 7) is 1.96. The summed E-state index contributed by atoms with van der Waals surface area (Å²) in [6, 6.07) is 2.05. The van der Waals surface area contributed by atoms with E-state index in [2.05, 4.69) is 27.1 Å². The first-order chi connectivity index (χ1) is 9.51. The van der Waals surface area contributed by atoms with E-state index in [0.29, 0.717) is 19.1 Å². The summed E-state index contributed by atoms with van der Waals surface area (Å²) in [5, 5.41) is 10.4. The minimum Gasteiger partial charge on any atom is -0.379 e. The molecule has 0 aliphatic carbocycles. The molecule has 0 spiro atoms. The van der Waals surface area contributed by atoms with Crippen LogP contribution < -0.4 is 10.6 Å². The number of halogens is 1. The highest BCUT2D eigenvalue weighted by atomic mass is 127. The van der Waals surface area contributed by atoms with Crippen molar-refractivity contribution in [1.29, 1.82) is 0 Å². The van der Waals surface area contributed by atoms with Crippen molar-refractivity contribution in [3.63, 3.8) is 0 Å². The molecule has 0 amide bonds. The fourth-order valence-corrected chi connectivity index (χ4v) is 2.44. The van der Waals surface area contributed by atoms with Crippen LogP contribution in [-0.4, -0.2) is 53.2 Å². The third-order valence-corrected chi connectivity index (χ3v) is 4.04. The van der Waals surface area contributed by atoms with Crippen LogP contribution >= 0.6 is 35.3 Å². The molecule has 1 aromatic rings. The molecule has 0 saturated heterocycles. The molecule has 0 aliphatic heterocycles. The van der Waals surface area contributed by atoms with Crippen LogP contribution in [0.2, 0.25) is 0 Å². The van der Waals surface area contributed by atoms with Gasteiger partial charge in [0, 0.05) is 26.4 Å². The minimum absolute atomic E-state index is 0. The van der Waals surface area contributed by atoms with Gasteiger partial charge < -0.3 is 15.4 Å². The topological polar surface area (TPSA) is 79.8 Å². The molecule has 0 unspecified atom stereocenters. The predicted molar refractivity (Wildman–Crippen MR) is 98.5 cm³/mol. The lowest BCUT2D eigenvalue weighted by Gasteiger charge is -2.11. The lowest BCUT2D eigenvalue weighted by atomic mass is 10.3. The summed E-state index contributed by atoms with van der Waals surface area (Å²) < 4.78 is 27.0. The molecule has 0 saturated carbocycles. The lowest BCUT2D eigenvalue weighted by Crippen LogP contribution is -2.38. The Balaban J connectivity index is 0.00000400. The van der Waals surface area contributed by atoms with Crippen molar-refractivity contribution in [2.45, 2.75) is 6.54 Å². The van der Waals surface area contributed by atoms with E-state index in [0.717, 1.165) is 6.54 Å². The second-order valence-corrected chi connectivity index (χ2v) is 7.27. The Hall–Kier alpha value is -0.390. The zero-order valence-corrected chi connectivity index (χ0v) is 16.1. The first-order valence-electron chi connectivity index (χ1n) is 6.22. The van der Waals surface area contributed by atoms with Gasteiger partial charge in [-0.1, -0.05) is 0 Å². The van der Waals surface area contributed by atoms with Gasteiger partial charge in [-0.05, 0) is 22.4 Å². The zero-order valence-electron chi connectivity index (χ0n) is 12.2. The number of guanidine groups is 1. The van der Waals surface area contributed by atoms with Crippen LogP contribution in [0.4, 0.5) is 0 Å². The molecule has 6 nitrogen and oxygen atoms in total. The SMILES string of the molecule is CN=C(NCCOCCS(C)(=O)=O)NCc1ccsc1.I. The summed E-state index contributed by atoms with van der Waals surface area (Å²) in [7, 11) is -1.24. The van der Waals surface area contributed by atoms with E-state index in [4.69, 9.17) is 4.74 Å². The molecule has 1 rings (SSSR count). The first kappa shape index (κ1) is 20.6. The van der Waals surface area contributed by atoms with Gasteiger partial charge in [-0.2, -0.15) is 11.3 Å². The molecule has 0 fully saturated rings. The molecule has 0 aliphatic rings. The van der Waals surface area contributed by atoms with Gasteiger partial charge in [0.1, 0.15) is 9.84 Å². The Morgan fingerprint density at radius 1 is 1.38 bits per heavy atom. The number of nitrogens with zero attached hydrogens (tertiary/aromatic N) is 1. The number of hydrogen-bond acceptors (Lipinski definition) is 5. The number of sulfone groups is 1. The van der Waals surface area contributed by atoms with Crippen LogP contribution in [0.15, 0.2) is 21.8 Å². The smallest absolute Gasteiger partial charge is 0.191 e. The van der Waals surface area contributed by atoms with E-state index in [1.807, 2.05) is 5.38 Å². The maximum Gasteiger partial charge on any atom is 0.191 e. The average molecular weight is 447 g/mol. The van der Waals surface area contributed by atoms with E-state index in [1.54, 1.807) is 18.4 Å². The van der Waals surface area contributed by atoms with Crippen LogP contribution in [0.3, 0.4) is 0 Å². The summed E-state index contributed by atoms with van der Waals surface area (Å²) >= 11 is 1.66. The Kier molecular flexibility index (Phi) is 11.0. The van der Waals surface area contributed by atoms with Crippen LogP contribution in [0.25, 0.3) is 0 Å². The summed E-state index contributed by atoms with van der Waals surface area (Å²) in [5.41, 5.74) is 1.21. The standard InChI is InChI=1S/C12H21N3O3S2.HI/c1-13-12(15-9-11-3-7-19-10-11)14-4-5-18-6-8-20(2,16)17;/h3,7,10H,4-6,8-9H2,1-2H3,(H2,13,14,15);1H. The molecular formula is C12H22IN3O3S2. The molecule has 2 N–H and O–H groups in total. The third kappa shape index (κ3) is 10.9. The highest BCUT2D eigenvalue weighted by Crippen LogP contribution is 2.04. The first-order valence-corrected chi connectivity index (χ1v) is 9.22. The zero-order chi connectivity index (χ0) is 14.8. The number of thiophene rings is 1. The average Bonchev–Trinajstić information content (AvgIpc) is 2.89. The van der Waals surface area contributed by atoms with Crippen molar-refractivity contribution in [3.05, 3.63) is 22.4 Å². The molecule has 0 radical (unpaired) electrons. The molecule has 122 valence electrons.